The van der Waals surface area contributed by atoms with Gasteiger partial charge in [0.25, 0.3) is 0 Å². The number of rotatable bonds is 2. The molecule has 0 radical (unpaired) electrons. The van der Waals surface area contributed by atoms with Gasteiger partial charge in [-0.15, -0.1) is 11.3 Å². The highest BCUT2D eigenvalue weighted by Crippen LogP contribution is 2.33. The summed E-state index contributed by atoms with van der Waals surface area (Å²) in [6.07, 6.45) is -4.62. The predicted octanol–water partition coefficient (Wildman–Crippen LogP) is 5.21. The molecule has 0 aliphatic rings. The van der Waals surface area contributed by atoms with Gasteiger partial charge in [-0.1, -0.05) is 0 Å². The van der Waals surface area contributed by atoms with Crippen molar-refractivity contribution in [3.63, 3.8) is 0 Å². The van der Waals surface area contributed by atoms with Crippen LogP contribution >= 0.6 is 27.3 Å². The van der Waals surface area contributed by atoms with Gasteiger partial charge in [0.1, 0.15) is 5.82 Å². The van der Waals surface area contributed by atoms with E-state index in [2.05, 4.69) is 15.9 Å². The highest BCUT2D eigenvalue weighted by Gasteiger charge is 2.32. The quantitative estimate of drug-likeness (QED) is 0.526. The fourth-order valence-electron chi connectivity index (χ4n) is 1.58. The molecule has 2 rings (SSSR count). The number of carbonyl (C=O) groups excluding carboxylic acids is 1. The fourth-order valence-corrected chi connectivity index (χ4v) is 3.07. The fraction of sp³-hybridized carbons (Fsp3) is 0.154. The Morgan fingerprint density at radius 2 is 1.90 bits per heavy atom. The van der Waals surface area contributed by atoms with Gasteiger partial charge >= 0.3 is 6.18 Å². The van der Waals surface area contributed by atoms with Crippen LogP contribution in [0.15, 0.2) is 28.1 Å². The van der Waals surface area contributed by atoms with Gasteiger partial charge in [0, 0.05) is 0 Å². The van der Waals surface area contributed by atoms with Crippen LogP contribution < -0.4 is 0 Å². The number of hydrogen-bond acceptors (Lipinski definition) is 2. The molecular formula is C13H7BrF4OS. The molecule has 0 fully saturated rings. The van der Waals surface area contributed by atoms with Crippen LogP contribution in [-0.4, -0.2) is 5.78 Å². The van der Waals surface area contributed by atoms with Gasteiger partial charge in [0.05, 0.1) is 19.8 Å². The molecule has 106 valence electrons. The molecule has 0 bridgehead atoms. The Hall–Kier alpha value is -1.21. The number of ketones is 1. The topological polar surface area (TPSA) is 17.1 Å². The van der Waals surface area contributed by atoms with Crippen molar-refractivity contribution in [1.82, 2.24) is 0 Å². The molecule has 0 saturated heterocycles. The smallest absolute Gasteiger partial charge is 0.288 e. The van der Waals surface area contributed by atoms with E-state index < -0.39 is 28.9 Å². The monoisotopic (exact) mass is 366 g/mol. The van der Waals surface area contributed by atoms with E-state index in [-0.39, 0.29) is 4.88 Å². The Labute approximate surface area is 124 Å². The van der Waals surface area contributed by atoms with Crippen LogP contribution in [0.4, 0.5) is 17.6 Å². The summed E-state index contributed by atoms with van der Waals surface area (Å²) in [6.45, 7) is 1.74. The van der Waals surface area contributed by atoms with Gasteiger partial charge < -0.3 is 0 Å². The summed E-state index contributed by atoms with van der Waals surface area (Å²) >= 11 is 4.27. The van der Waals surface area contributed by atoms with Crippen molar-refractivity contribution in [2.45, 2.75) is 13.1 Å². The van der Waals surface area contributed by atoms with Gasteiger partial charge in [-0.2, -0.15) is 13.2 Å². The van der Waals surface area contributed by atoms with Gasteiger partial charge in [-0.25, -0.2) is 4.39 Å². The molecule has 0 saturated carbocycles. The summed E-state index contributed by atoms with van der Waals surface area (Å²) in [6, 6.07) is 3.32. The van der Waals surface area contributed by atoms with Gasteiger partial charge in [0.2, 0.25) is 5.78 Å². The number of halogens is 5. The number of alkyl halides is 3. The van der Waals surface area contributed by atoms with Gasteiger partial charge in [-0.05, 0) is 52.7 Å². The van der Waals surface area contributed by atoms with Crippen LogP contribution in [0.2, 0.25) is 0 Å². The third-order valence-electron chi connectivity index (χ3n) is 2.62. The summed E-state index contributed by atoms with van der Waals surface area (Å²) in [5.74, 6) is -1.72. The Bertz CT molecular complexity index is 656. The lowest BCUT2D eigenvalue weighted by Crippen LogP contribution is -2.09. The minimum absolute atomic E-state index is 0.188. The zero-order chi connectivity index (χ0) is 15.1. The minimum Gasteiger partial charge on any atom is -0.288 e. The van der Waals surface area contributed by atoms with Crippen molar-refractivity contribution >= 4 is 33.0 Å². The Balaban J connectivity index is 2.49. The first kappa shape index (κ1) is 15.2. The predicted molar refractivity (Wildman–Crippen MR) is 71.6 cm³/mol. The number of aryl methyl sites for hydroxylation is 1. The summed E-state index contributed by atoms with van der Waals surface area (Å²) in [5.41, 5.74) is -0.853. The van der Waals surface area contributed by atoms with Crippen LogP contribution in [0.5, 0.6) is 0 Å². The van der Waals surface area contributed by atoms with Crippen LogP contribution in [0, 0.1) is 12.7 Å². The third-order valence-corrected chi connectivity index (χ3v) is 4.75. The van der Waals surface area contributed by atoms with E-state index in [1.165, 1.54) is 6.07 Å². The second kappa shape index (κ2) is 5.29. The molecule has 1 aromatic heterocycles. The Kier molecular flexibility index (Phi) is 4.02. The van der Waals surface area contributed by atoms with Crippen molar-refractivity contribution in [3.05, 3.63) is 55.4 Å². The summed E-state index contributed by atoms with van der Waals surface area (Å²) < 4.78 is 52.1. The number of carbonyl (C=O) groups is 1. The zero-order valence-corrected chi connectivity index (χ0v) is 12.4. The zero-order valence-electron chi connectivity index (χ0n) is 10.0. The van der Waals surface area contributed by atoms with E-state index in [9.17, 15) is 22.4 Å². The molecule has 1 nitrogen and oxygen atoms in total. The van der Waals surface area contributed by atoms with E-state index >= 15 is 0 Å². The molecule has 1 heterocycles. The van der Waals surface area contributed by atoms with E-state index in [0.717, 1.165) is 16.9 Å². The lowest BCUT2D eigenvalue weighted by molar-refractivity contribution is -0.137. The lowest BCUT2D eigenvalue weighted by Gasteiger charge is -2.08. The van der Waals surface area contributed by atoms with E-state index in [1.54, 1.807) is 6.92 Å². The molecule has 0 atom stereocenters. The number of hydrogen-bond donors (Lipinski definition) is 0. The van der Waals surface area contributed by atoms with E-state index in [4.69, 9.17) is 0 Å². The van der Waals surface area contributed by atoms with Crippen molar-refractivity contribution in [1.29, 1.82) is 0 Å². The SMILES string of the molecule is Cc1cc(C(=O)c2cc(C(F)(F)F)ccc2F)sc1Br. The first-order valence-corrected chi connectivity index (χ1v) is 6.98. The summed E-state index contributed by atoms with van der Waals surface area (Å²) in [4.78, 5) is 12.3. The second-order valence-electron chi connectivity index (χ2n) is 4.09. The Morgan fingerprint density at radius 3 is 2.40 bits per heavy atom. The van der Waals surface area contributed by atoms with E-state index in [1.807, 2.05) is 0 Å². The van der Waals surface area contributed by atoms with E-state index in [0.29, 0.717) is 22.0 Å². The highest BCUT2D eigenvalue weighted by molar-refractivity contribution is 9.11. The molecule has 0 spiro atoms. The molecule has 0 aliphatic carbocycles. The van der Waals surface area contributed by atoms with Crippen LogP contribution in [0.3, 0.4) is 0 Å². The van der Waals surface area contributed by atoms with Crippen LogP contribution in [-0.2, 0) is 6.18 Å². The molecule has 7 heteroatoms. The molecular weight excluding hydrogens is 360 g/mol. The molecule has 1 aromatic carbocycles. The first-order chi connectivity index (χ1) is 9.20. The molecule has 0 amide bonds. The average molecular weight is 367 g/mol. The maximum absolute atomic E-state index is 13.6. The maximum atomic E-state index is 13.6. The van der Waals surface area contributed by atoms with Gasteiger partial charge in [0.15, 0.2) is 0 Å². The average Bonchev–Trinajstić information content (AvgIpc) is 2.68. The van der Waals surface area contributed by atoms with Crippen LogP contribution in [0.25, 0.3) is 0 Å². The highest BCUT2D eigenvalue weighted by atomic mass is 79.9. The Morgan fingerprint density at radius 1 is 1.25 bits per heavy atom. The first-order valence-electron chi connectivity index (χ1n) is 5.37. The van der Waals surface area contributed by atoms with Crippen molar-refractivity contribution in [2.75, 3.05) is 0 Å². The molecule has 20 heavy (non-hydrogen) atoms. The van der Waals surface area contributed by atoms with Crippen LogP contribution in [0.1, 0.15) is 26.4 Å². The van der Waals surface area contributed by atoms with Crippen molar-refractivity contribution < 1.29 is 22.4 Å². The second-order valence-corrected chi connectivity index (χ2v) is 6.46. The van der Waals surface area contributed by atoms with Gasteiger partial charge in [-0.3, -0.25) is 4.79 Å². The standard InChI is InChI=1S/C13H7BrF4OS/c1-6-4-10(20-12(6)14)11(19)8-5-7(13(16,17)18)2-3-9(8)15/h2-5H,1H3. The maximum Gasteiger partial charge on any atom is 0.416 e. The summed E-state index contributed by atoms with van der Waals surface area (Å²) in [7, 11) is 0. The summed E-state index contributed by atoms with van der Waals surface area (Å²) in [5, 5.41) is 0. The number of benzene rings is 1. The molecule has 2 aromatic rings. The largest absolute Gasteiger partial charge is 0.416 e. The lowest BCUT2D eigenvalue weighted by atomic mass is 10.0. The molecule has 0 N–H and O–H groups in total. The minimum atomic E-state index is -4.62. The normalized spacial score (nSPS) is 11.7. The third kappa shape index (κ3) is 2.93. The van der Waals surface area contributed by atoms with Crippen molar-refractivity contribution in [3.8, 4) is 0 Å². The molecule has 0 unspecified atom stereocenters. The number of thiophene rings is 1. The van der Waals surface area contributed by atoms with Crippen molar-refractivity contribution in [2.24, 2.45) is 0 Å². The molecule has 0 aliphatic heterocycles.